The van der Waals surface area contributed by atoms with E-state index in [0.717, 1.165) is 79.7 Å². The predicted molar refractivity (Wildman–Crippen MR) is 268 cm³/mol. The second-order valence-corrected chi connectivity index (χ2v) is 28.6. The third-order valence-corrected chi connectivity index (χ3v) is 24.5. The molecular weight excluding hydrogens is 941 g/mol. The summed E-state index contributed by atoms with van der Waals surface area (Å²) in [6, 6.07) is 0. The van der Waals surface area contributed by atoms with Crippen molar-refractivity contribution in [3.05, 3.63) is 34.4 Å². The molecule has 14 heteroatoms. The first-order valence-corrected chi connectivity index (χ1v) is 28.9. The quantitative estimate of drug-likeness (QED) is 0.168. The van der Waals surface area contributed by atoms with Gasteiger partial charge in [-0.15, -0.1) is 0 Å². The highest BCUT2D eigenvalue weighted by molar-refractivity contribution is 5.67. The Hall–Kier alpha value is -3.01. The normalized spacial score (nSPS) is 53.7. The van der Waals surface area contributed by atoms with Gasteiger partial charge in [0.15, 0.2) is 11.6 Å². The number of fused-ring (bicyclic) bond motifs is 16. The number of hydrogen-bond donors (Lipinski definition) is 2. The van der Waals surface area contributed by atoms with Crippen molar-refractivity contribution >= 4 is 17.9 Å². The van der Waals surface area contributed by atoms with E-state index in [4.69, 9.17) is 43.1 Å². The zero-order valence-electron chi connectivity index (χ0n) is 46.2. The van der Waals surface area contributed by atoms with E-state index in [1.54, 1.807) is 13.8 Å². The molecule has 0 aromatic carbocycles. The van der Waals surface area contributed by atoms with Crippen LogP contribution < -0.4 is 0 Å². The Balaban J connectivity index is 0.814. The highest BCUT2D eigenvalue weighted by atomic mass is 16.7. The molecule has 0 unspecified atom stereocenters. The van der Waals surface area contributed by atoms with E-state index < -0.39 is 58.4 Å². The summed E-state index contributed by atoms with van der Waals surface area (Å²) in [4.78, 5) is 50.9. The van der Waals surface area contributed by atoms with Gasteiger partial charge in [-0.3, -0.25) is 24.4 Å². The Morgan fingerprint density at radius 2 is 1.30 bits per heavy atom. The molecule has 2 spiro atoms. The van der Waals surface area contributed by atoms with Crippen molar-refractivity contribution in [2.24, 2.45) is 80.8 Å². The average Bonchev–Trinajstić information content (AvgIpc) is 4.01. The molecule has 74 heavy (non-hydrogen) atoms. The van der Waals surface area contributed by atoms with Crippen molar-refractivity contribution in [3.8, 4) is 0 Å². The monoisotopic (exact) mass is 1020 g/mol. The fourth-order valence-corrected chi connectivity index (χ4v) is 20.9. The predicted octanol–water partition coefficient (Wildman–Crippen LogP) is 8.12. The summed E-state index contributed by atoms with van der Waals surface area (Å²) in [6.45, 7) is 24.4. The number of aromatic nitrogens is 2. The standard InChI is InChI=1S/C60H84N2O12/c1-29-51-46(72-58(29)17-15-52(6,7)74-58)22-38-36-14-13-34-19-41-43(26-54(34,9)37(36)23-47(56(38,51)11)70-32(4)64)62-42-20-35-21-45(69-31(3)63)50-39(55(35,10)27-44(42)61-41)24-48(71-33(5)65)57(12)40(50)25-49-60(57,67)30(2)59(73-49)18-16-53(8,66)28-68-59/h25,29-30,34-39,45-51,66-67H,13-24,26-28H2,1-12H3/t29-,30+,34-,35+,36+,37-,38+,39-,45-,46-,47+,48+,49-,50+,51-,53-,54-,55-,56+,57+,58+,59+,60+/m0/s1. The number of ether oxygens (including phenoxy) is 7. The first kappa shape index (κ1) is 50.5. The fourth-order valence-electron chi connectivity index (χ4n) is 20.9. The molecule has 8 aliphatic carbocycles. The van der Waals surface area contributed by atoms with Crippen molar-refractivity contribution < 1.29 is 57.8 Å². The van der Waals surface area contributed by atoms with Crippen LogP contribution in [-0.2, 0) is 73.2 Å². The Labute approximate surface area is 437 Å². The first-order valence-electron chi connectivity index (χ1n) is 28.9. The van der Waals surface area contributed by atoms with E-state index in [-0.39, 0.29) is 82.2 Å². The van der Waals surface area contributed by atoms with E-state index in [1.165, 1.54) is 13.8 Å². The van der Waals surface area contributed by atoms with Crippen LogP contribution in [0.1, 0.15) is 170 Å². The van der Waals surface area contributed by atoms with Crippen LogP contribution >= 0.6 is 0 Å². The molecule has 4 saturated heterocycles. The number of rotatable bonds is 3. The molecule has 9 fully saturated rings. The Bertz CT molecular complexity index is 2610. The SMILES string of the molecule is CC(=O)O[C@H]1C[C@H]2Cc3nc4c(nc3C[C@]2(C)[C@H]2C[C@@H](OC(C)=O)[C@@]3(C)C(=C[C@@H]5O[C@]6(CC[C@](C)(O)CO6)[C@@H](C)[C@@]53O)[C@H]12)C[C@@H]1CC[C@H]2[C@H]3C[C@@H]5O[C@@]6(CCC(C)(C)O6)[C@@H](C)[C@@H]5[C@@]3(C)[C@H](OC(C)=O)C[C@@H]2[C@@]1(C)C4. The van der Waals surface area contributed by atoms with Gasteiger partial charge in [-0.2, -0.15) is 0 Å². The van der Waals surface area contributed by atoms with Crippen LogP contribution in [-0.4, -0.2) is 104 Å². The van der Waals surface area contributed by atoms with Gasteiger partial charge in [0.1, 0.15) is 30.0 Å². The van der Waals surface area contributed by atoms with Crippen LogP contribution in [0.25, 0.3) is 0 Å². The van der Waals surface area contributed by atoms with E-state index in [0.29, 0.717) is 62.2 Å². The zero-order valence-corrected chi connectivity index (χ0v) is 46.2. The fraction of sp³-hybridized carbons (Fsp3) is 0.850. The topological polar surface area (TPSA) is 182 Å². The third-order valence-electron chi connectivity index (χ3n) is 24.5. The lowest BCUT2D eigenvalue weighted by molar-refractivity contribution is -0.289. The van der Waals surface area contributed by atoms with Gasteiger partial charge in [0.25, 0.3) is 0 Å². The highest BCUT2D eigenvalue weighted by Gasteiger charge is 2.79. The number of hydrogen-bond acceptors (Lipinski definition) is 14. The van der Waals surface area contributed by atoms with Crippen LogP contribution in [0.3, 0.4) is 0 Å². The lowest BCUT2D eigenvalue weighted by atomic mass is 9.43. The summed E-state index contributed by atoms with van der Waals surface area (Å²) < 4.78 is 46.6. The maximum absolute atomic E-state index is 13.4. The largest absolute Gasteiger partial charge is 0.462 e. The molecule has 23 atom stereocenters. The van der Waals surface area contributed by atoms with Gasteiger partial charge in [-0.25, -0.2) is 0 Å². The highest BCUT2D eigenvalue weighted by Crippen LogP contribution is 2.74. The minimum atomic E-state index is -1.51. The van der Waals surface area contributed by atoms with Crippen LogP contribution in [0.5, 0.6) is 0 Å². The second kappa shape index (κ2) is 15.8. The lowest BCUT2D eigenvalue weighted by Gasteiger charge is -2.63. The van der Waals surface area contributed by atoms with E-state index in [1.807, 2.05) is 13.8 Å². The minimum Gasteiger partial charge on any atom is -0.462 e. The summed E-state index contributed by atoms with van der Waals surface area (Å²) in [5, 5.41) is 24.2. The van der Waals surface area contributed by atoms with E-state index in [9.17, 15) is 24.6 Å². The van der Waals surface area contributed by atoms with Crippen LogP contribution in [0.4, 0.5) is 0 Å². The molecule has 13 rings (SSSR count). The molecule has 2 N–H and O–H groups in total. The molecule has 12 aliphatic rings. The van der Waals surface area contributed by atoms with E-state index >= 15 is 0 Å². The molecule has 0 bridgehead atoms. The number of carbonyl (C=O) groups is 3. The minimum absolute atomic E-state index is 0.0502. The summed E-state index contributed by atoms with van der Waals surface area (Å²) in [6.07, 6.45) is 11.0. The van der Waals surface area contributed by atoms with Gasteiger partial charge in [-0.1, -0.05) is 46.3 Å². The smallest absolute Gasteiger partial charge is 0.302 e. The third kappa shape index (κ3) is 6.59. The van der Waals surface area contributed by atoms with Crippen molar-refractivity contribution in [1.82, 2.24) is 9.97 Å². The first-order chi connectivity index (χ1) is 34.6. The number of aliphatic hydroxyl groups is 2. The maximum atomic E-state index is 13.4. The molecule has 406 valence electrons. The molecule has 0 radical (unpaired) electrons. The van der Waals surface area contributed by atoms with Gasteiger partial charge >= 0.3 is 17.9 Å². The van der Waals surface area contributed by atoms with Gasteiger partial charge in [0.2, 0.25) is 0 Å². The summed E-state index contributed by atoms with van der Waals surface area (Å²) in [5.41, 5.74) is 0.819. The van der Waals surface area contributed by atoms with Gasteiger partial charge < -0.3 is 43.4 Å². The zero-order chi connectivity index (χ0) is 52.5. The maximum Gasteiger partial charge on any atom is 0.302 e. The Morgan fingerprint density at radius 1 is 0.676 bits per heavy atom. The van der Waals surface area contributed by atoms with Crippen LogP contribution in [0.15, 0.2) is 11.6 Å². The molecule has 1 aromatic heterocycles. The van der Waals surface area contributed by atoms with Crippen molar-refractivity contribution in [1.29, 1.82) is 0 Å². The van der Waals surface area contributed by atoms with Gasteiger partial charge in [-0.05, 0) is 151 Å². The summed E-state index contributed by atoms with van der Waals surface area (Å²) in [5.74, 6) is -1.36. The lowest BCUT2D eigenvalue weighted by Crippen LogP contribution is -2.67. The Morgan fingerprint density at radius 3 is 1.92 bits per heavy atom. The summed E-state index contributed by atoms with van der Waals surface area (Å²) >= 11 is 0. The van der Waals surface area contributed by atoms with Gasteiger partial charge in [0.05, 0.1) is 52.1 Å². The number of carbonyl (C=O) groups excluding carboxylic acids is 3. The van der Waals surface area contributed by atoms with Gasteiger partial charge in [0, 0.05) is 62.7 Å². The van der Waals surface area contributed by atoms with Crippen molar-refractivity contribution in [2.45, 2.75) is 232 Å². The van der Waals surface area contributed by atoms with E-state index in [2.05, 4.69) is 47.6 Å². The average molecular weight is 1030 g/mol. The molecule has 1 aromatic rings. The Kier molecular flexibility index (Phi) is 10.8. The van der Waals surface area contributed by atoms with Crippen molar-refractivity contribution in [3.63, 3.8) is 0 Å². The van der Waals surface area contributed by atoms with Crippen molar-refractivity contribution in [2.75, 3.05) is 6.61 Å². The van der Waals surface area contributed by atoms with Crippen LogP contribution in [0.2, 0.25) is 0 Å². The molecule has 5 saturated carbocycles. The molecular formula is C60H84N2O12. The van der Waals surface area contributed by atoms with Crippen LogP contribution in [0, 0.1) is 80.8 Å². The molecule has 4 aliphatic heterocycles. The molecule has 0 amide bonds. The molecule has 14 nitrogen and oxygen atoms in total. The second-order valence-electron chi connectivity index (χ2n) is 28.6. The molecule has 5 heterocycles. The summed E-state index contributed by atoms with van der Waals surface area (Å²) in [7, 11) is 0. The number of nitrogens with zero attached hydrogens (tertiary/aromatic N) is 2. The number of esters is 3.